The highest BCUT2D eigenvalue weighted by atomic mass is 31.2. The monoisotopic (exact) mass is 363 g/mol. The summed E-state index contributed by atoms with van der Waals surface area (Å²) in [5.74, 6) is 4.27. The number of amides is 1. The van der Waals surface area contributed by atoms with Crippen LogP contribution in [0, 0.1) is 0 Å². The normalized spacial score (nSPS) is 12.7. The fourth-order valence-electron chi connectivity index (χ4n) is 2.01. The molecular formula is C14H23FN3O5P. The predicted octanol–water partition coefficient (Wildman–Crippen LogP) is 1.55. The zero-order chi connectivity index (χ0) is 18.2. The first-order chi connectivity index (χ1) is 11.2. The Morgan fingerprint density at radius 1 is 1.33 bits per heavy atom. The number of unbranched alkanes of at least 4 members (excludes halogenated alkanes) is 2. The second-order valence-electron chi connectivity index (χ2n) is 5.22. The van der Waals surface area contributed by atoms with Crippen LogP contribution in [-0.2, 0) is 4.57 Å². The predicted molar refractivity (Wildman–Crippen MR) is 87.0 cm³/mol. The van der Waals surface area contributed by atoms with Crippen molar-refractivity contribution in [2.24, 2.45) is 5.84 Å². The molecule has 0 saturated heterocycles. The highest BCUT2D eigenvalue weighted by molar-refractivity contribution is 7.46. The number of hydrogen-bond donors (Lipinski definition) is 5. The highest BCUT2D eigenvalue weighted by Crippen LogP contribution is 2.39. The molecule has 1 amide bonds. The highest BCUT2D eigenvalue weighted by Gasteiger charge is 2.22. The van der Waals surface area contributed by atoms with Crippen molar-refractivity contribution in [2.45, 2.75) is 32.4 Å². The molecule has 1 atom stereocenters. The first-order valence-electron chi connectivity index (χ1n) is 7.49. The Balaban J connectivity index is 2.79. The summed E-state index contributed by atoms with van der Waals surface area (Å²) in [4.78, 5) is 30.1. The van der Waals surface area contributed by atoms with Gasteiger partial charge >= 0.3 is 7.82 Å². The second kappa shape index (κ2) is 9.71. The summed E-state index contributed by atoms with van der Waals surface area (Å²) >= 11 is 0. The Morgan fingerprint density at radius 2 is 2.00 bits per heavy atom. The second-order valence-corrected chi connectivity index (χ2v) is 6.39. The quantitative estimate of drug-likeness (QED) is 0.184. The molecule has 24 heavy (non-hydrogen) atoms. The molecular weight excluding hydrogens is 340 g/mol. The minimum atomic E-state index is -4.83. The average molecular weight is 363 g/mol. The van der Waals surface area contributed by atoms with E-state index in [0.29, 0.717) is 19.5 Å². The van der Waals surface area contributed by atoms with Gasteiger partial charge in [-0.3, -0.25) is 25.8 Å². The number of halogens is 1. The summed E-state index contributed by atoms with van der Waals surface area (Å²) < 4.78 is 28.9. The topological polar surface area (TPSA) is 134 Å². The summed E-state index contributed by atoms with van der Waals surface area (Å²) in [6.07, 6.45) is 1.08. The van der Waals surface area contributed by atoms with Crippen molar-refractivity contribution in [1.29, 1.82) is 0 Å². The maximum absolute atomic E-state index is 13.4. The van der Waals surface area contributed by atoms with Crippen LogP contribution in [0.2, 0.25) is 0 Å². The number of hydrazine groups is 1. The van der Waals surface area contributed by atoms with E-state index < -0.39 is 19.9 Å². The van der Waals surface area contributed by atoms with Crippen LogP contribution >= 0.6 is 7.82 Å². The Morgan fingerprint density at radius 3 is 2.58 bits per heavy atom. The maximum Gasteiger partial charge on any atom is 0.524 e. The maximum atomic E-state index is 13.4. The molecule has 136 valence electrons. The zero-order valence-corrected chi connectivity index (χ0v) is 14.3. The minimum Gasteiger partial charge on any atom is -0.403 e. The lowest BCUT2D eigenvalue weighted by Gasteiger charge is -2.14. The van der Waals surface area contributed by atoms with E-state index in [9.17, 15) is 13.8 Å². The molecule has 0 aliphatic rings. The third-order valence-electron chi connectivity index (χ3n) is 3.21. The fourth-order valence-corrected chi connectivity index (χ4v) is 2.42. The van der Waals surface area contributed by atoms with Gasteiger partial charge in [0.1, 0.15) is 11.9 Å². The van der Waals surface area contributed by atoms with Crippen LogP contribution in [0.25, 0.3) is 0 Å². The fraction of sp³-hybridized carbons (Fsp3) is 0.500. The molecule has 1 aromatic rings. The third kappa shape index (κ3) is 7.37. The smallest absolute Gasteiger partial charge is 0.403 e. The van der Waals surface area contributed by atoms with Crippen molar-refractivity contribution < 1.29 is 28.1 Å². The summed E-state index contributed by atoms with van der Waals surface area (Å²) in [7, 11) is -4.83. The van der Waals surface area contributed by atoms with Crippen molar-refractivity contribution in [3.63, 3.8) is 0 Å². The molecule has 0 heterocycles. The molecule has 0 saturated carbocycles. The van der Waals surface area contributed by atoms with Gasteiger partial charge in [-0.2, -0.15) is 0 Å². The van der Waals surface area contributed by atoms with Gasteiger partial charge in [0.05, 0.1) is 5.56 Å². The lowest BCUT2D eigenvalue weighted by atomic mass is 10.1. The molecule has 0 aliphatic heterocycles. The van der Waals surface area contributed by atoms with Gasteiger partial charge in [0.15, 0.2) is 0 Å². The van der Waals surface area contributed by atoms with E-state index in [4.69, 9.17) is 15.6 Å². The van der Waals surface area contributed by atoms with E-state index in [1.807, 2.05) is 0 Å². The van der Waals surface area contributed by atoms with Gasteiger partial charge in [0, 0.05) is 13.1 Å². The number of phosphoric ester groups is 1. The Kier molecular flexibility index (Phi) is 8.30. The van der Waals surface area contributed by atoms with Gasteiger partial charge in [0.25, 0.3) is 5.91 Å². The van der Waals surface area contributed by atoms with E-state index in [1.54, 1.807) is 0 Å². The van der Waals surface area contributed by atoms with Gasteiger partial charge in [-0.15, -0.1) is 0 Å². The van der Waals surface area contributed by atoms with Crippen molar-refractivity contribution in [2.75, 3.05) is 13.1 Å². The van der Waals surface area contributed by atoms with Gasteiger partial charge in [-0.25, -0.2) is 8.96 Å². The van der Waals surface area contributed by atoms with Gasteiger partial charge in [-0.05, 0) is 37.5 Å². The number of nitrogens with two attached hydrogens (primary N) is 1. The summed E-state index contributed by atoms with van der Waals surface area (Å²) in [5, 5.41) is 2.62. The van der Waals surface area contributed by atoms with Crippen LogP contribution in [0.3, 0.4) is 0 Å². The van der Waals surface area contributed by atoms with Crippen LogP contribution in [0.1, 0.15) is 48.3 Å². The molecule has 8 nitrogen and oxygen atoms in total. The molecule has 6 N–H and O–H groups in total. The molecule has 0 fully saturated rings. The van der Waals surface area contributed by atoms with Crippen LogP contribution in [0.5, 0.6) is 5.75 Å². The number of alkyl halides is 1. The number of phosphoric acid groups is 1. The summed E-state index contributed by atoms with van der Waals surface area (Å²) in [5.41, 5.74) is 2.62. The number of carbonyl (C=O) groups is 1. The lowest BCUT2D eigenvalue weighted by molar-refractivity contribution is 0.0951. The first-order valence-corrected chi connectivity index (χ1v) is 9.02. The van der Waals surface area contributed by atoms with E-state index in [-0.39, 0.29) is 16.9 Å². The lowest BCUT2D eigenvalue weighted by Crippen LogP contribution is -2.26. The molecule has 1 rings (SSSR count). The number of rotatable bonds is 10. The minimum absolute atomic E-state index is 0.121. The van der Waals surface area contributed by atoms with Crippen molar-refractivity contribution in [3.05, 3.63) is 29.3 Å². The van der Waals surface area contributed by atoms with Gasteiger partial charge in [0.2, 0.25) is 0 Å². The van der Waals surface area contributed by atoms with Gasteiger partial charge < -0.3 is 9.84 Å². The van der Waals surface area contributed by atoms with Crippen LogP contribution in [0.15, 0.2) is 18.2 Å². The molecule has 1 aromatic carbocycles. The SMILES string of the molecule is CC(F)c1ccc(OP(=O)(O)O)c(C(=O)NCCCCCNN)c1. The molecule has 0 bridgehead atoms. The molecule has 10 heteroatoms. The van der Waals surface area contributed by atoms with E-state index in [1.165, 1.54) is 25.1 Å². The number of nitrogens with one attached hydrogen (secondary N) is 2. The van der Waals surface area contributed by atoms with Crippen molar-refractivity contribution in [3.8, 4) is 5.75 Å². The third-order valence-corrected chi connectivity index (χ3v) is 3.64. The van der Waals surface area contributed by atoms with E-state index >= 15 is 0 Å². The molecule has 1 unspecified atom stereocenters. The van der Waals surface area contributed by atoms with Crippen molar-refractivity contribution in [1.82, 2.24) is 10.7 Å². The summed E-state index contributed by atoms with van der Waals surface area (Å²) in [6.45, 7) is 2.34. The van der Waals surface area contributed by atoms with Crippen LogP contribution < -0.4 is 21.1 Å². The molecule has 0 spiro atoms. The van der Waals surface area contributed by atoms with Crippen LogP contribution in [-0.4, -0.2) is 28.8 Å². The molecule has 0 aromatic heterocycles. The number of carbonyl (C=O) groups excluding carboxylic acids is 1. The molecule has 0 radical (unpaired) electrons. The largest absolute Gasteiger partial charge is 0.524 e. The van der Waals surface area contributed by atoms with Crippen molar-refractivity contribution >= 4 is 13.7 Å². The average Bonchev–Trinajstić information content (AvgIpc) is 2.49. The number of benzene rings is 1. The standard InChI is InChI=1S/C14H23FN3O5P/c1-10(15)11-5-6-13(23-24(20,21)22)12(9-11)14(19)17-7-3-2-4-8-18-16/h5-6,9-10,18H,2-4,7-8,16H2,1H3,(H,17,19)(H2,20,21,22). The Hall–Kier alpha value is -1.51. The number of hydrogen-bond acceptors (Lipinski definition) is 5. The molecule has 0 aliphatic carbocycles. The van der Waals surface area contributed by atoms with E-state index in [2.05, 4.69) is 15.3 Å². The zero-order valence-electron chi connectivity index (χ0n) is 13.4. The van der Waals surface area contributed by atoms with E-state index in [0.717, 1.165) is 12.8 Å². The van der Waals surface area contributed by atoms with Crippen LogP contribution in [0.4, 0.5) is 4.39 Å². The summed E-state index contributed by atoms with van der Waals surface area (Å²) in [6, 6.07) is 3.71. The first kappa shape index (κ1) is 20.5. The Bertz CT molecular complexity index is 594. The van der Waals surface area contributed by atoms with Gasteiger partial charge in [-0.1, -0.05) is 12.5 Å². The Labute approximate surface area is 139 Å².